The Bertz CT molecular complexity index is 1780. The number of anilines is 2. The second-order valence-electron chi connectivity index (χ2n) is 12.5. The summed E-state index contributed by atoms with van der Waals surface area (Å²) in [5.74, 6) is -0.495. The predicted molar refractivity (Wildman–Crippen MR) is 191 cm³/mol. The number of carbonyl (C=O) groups excluding carboxylic acids is 3. The van der Waals surface area contributed by atoms with Gasteiger partial charge in [0, 0.05) is 31.0 Å². The summed E-state index contributed by atoms with van der Waals surface area (Å²) in [5, 5.41) is 26.9. The zero-order chi connectivity index (χ0) is 35.6. The molecule has 0 saturated carbocycles. The molecule has 0 aliphatic carbocycles. The van der Waals surface area contributed by atoms with E-state index in [0.717, 1.165) is 36.8 Å². The monoisotopic (exact) mass is 682 g/mol. The van der Waals surface area contributed by atoms with E-state index in [1.165, 1.54) is 0 Å². The summed E-state index contributed by atoms with van der Waals surface area (Å²) >= 11 is 0. The van der Waals surface area contributed by atoms with Crippen LogP contribution in [0.1, 0.15) is 77.2 Å². The van der Waals surface area contributed by atoms with Crippen LogP contribution in [-0.4, -0.2) is 80.0 Å². The highest BCUT2D eigenvalue weighted by Crippen LogP contribution is 2.29. The molecule has 5 rings (SSSR count). The van der Waals surface area contributed by atoms with Gasteiger partial charge in [-0.15, -0.1) is 0 Å². The molecule has 1 unspecified atom stereocenters. The molecule has 0 spiro atoms. The Kier molecular flexibility index (Phi) is 12.2. The van der Waals surface area contributed by atoms with Crippen molar-refractivity contribution in [3.8, 4) is 11.4 Å². The molecule has 3 aromatic carbocycles. The number of aliphatic hydroxyl groups excluding tert-OH is 1. The minimum Gasteiger partial charge on any atom is -0.484 e. The molecule has 0 radical (unpaired) electrons. The number of benzene rings is 3. The van der Waals surface area contributed by atoms with Gasteiger partial charge in [-0.1, -0.05) is 51.0 Å². The fourth-order valence-corrected chi connectivity index (χ4v) is 6.08. The maximum Gasteiger partial charge on any atom is 0.274 e. The molecule has 4 N–H and O–H groups in total. The number of nitrogens with one attached hydrogen (secondary N) is 2. The maximum atomic E-state index is 14.5. The van der Waals surface area contributed by atoms with E-state index in [4.69, 9.17) is 15.0 Å². The van der Waals surface area contributed by atoms with E-state index in [1.807, 2.05) is 41.6 Å². The van der Waals surface area contributed by atoms with Crippen LogP contribution in [0.25, 0.3) is 5.69 Å². The first kappa shape index (κ1) is 36.1. The number of ether oxygens (including phenoxy) is 1. The molecule has 1 atom stereocenters. The highest BCUT2D eigenvalue weighted by molar-refractivity contribution is 6.01. The van der Waals surface area contributed by atoms with Crippen LogP contribution >= 0.6 is 0 Å². The third-order valence-electron chi connectivity index (χ3n) is 8.88. The minimum atomic E-state index is -0.453. The lowest BCUT2D eigenvalue weighted by Gasteiger charge is -2.36. The molecule has 50 heavy (non-hydrogen) atoms. The number of unbranched alkanes of at least 4 members (excludes halogenated alkanes) is 2. The number of hydrogen-bond acceptors (Lipinski definition) is 8. The van der Waals surface area contributed by atoms with Crippen molar-refractivity contribution in [2.75, 3.05) is 37.1 Å². The number of fused-ring (bicyclic) bond motifs is 1. The summed E-state index contributed by atoms with van der Waals surface area (Å²) in [6, 6.07) is 20.6. The van der Waals surface area contributed by atoms with Crippen molar-refractivity contribution in [2.45, 2.75) is 65.5 Å². The van der Waals surface area contributed by atoms with E-state index in [-0.39, 0.29) is 30.6 Å². The molecule has 0 bridgehead atoms. The van der Waals surface area contributed by atoms with Crippen LogP contribution in [0, 0.1) is 6.92 Å². The van der Waals surface area contributed by atoms with E-state index in [1.54, 1.807) is 58.1 Å². The van der Waals surface area contributed by atoms with Crippen LogP contribution in [-0.2, 0) is 17.8 Å². The highest BCUT2D eigenvalue weighted by Gasteiger charge is 2.32. The molecule has 0 fully saturated rings. The highest BCUT2D eigenvalue weighted by atomic mass is 16.5. The standard InChI is InChI=1S/C38H46N6O6/c1-4-6-18-42(19-7-5-2)38(48)34-20-26(3)44(40-34)35-17-14-30(39-36(46)25-50-32-15-12-29(41-49)13-16-32)22-33(35)37(47)43-23-28-11-9-8-10-27(28)21-31(43)24-45/h8-17,20,22,31,41,45,49H,4-7,18-19,21,23-25H2,1-3H3,(H,39,46). The maximum absolute atomic E-state index is 14.5. The number of aliphatic hydroxyl groups is 1. The fourth-order valence-electron chi connectivity index (χ4n) is 6.08. The van der Waals surface area contributed by atoms with E-state index in [0.29, 0.717) is 60.3 Å². The second-order valence-corrected chi connectivity index (χ2v) is 12.5. The molecule has 4 aromatic rings. The van der Waals surface area contributed by atoms with E-state index in [2.05, 4.69) is 19.2 Å². The lowest BCUT2D eigenvalue weighted by molar-refractivity contribution is -0.118. The molecular formula is C38H46N6O6. The van der Waals surface area contributed by atoms with Gasteiger partial charge in [0.05, 0.1) is 29.6 Å². The van der Waals surface area contributed by atoms with E-state index in [9.17, 15) is 19.5 Å². The van der Waals surface area contributed by atoms with Gasteiger partial charge >= 0.3 is 0 Å². The van der Waals surface area contributed by atoms with Gasteiger partial charge in [0.15, 0.2) is 12.3 Å². The van der Waals surface area contributed by atoms with Gasteiger partial charge in [-0.25, -0.2) is 4.68 Å². The van der Waals surface area contributed by atoms with Crippen molar-refractivity contribution in [1.29, 1.82) is 0 Å². The quantitative estimate of drug-likeness (QED) is 0.118. The van der Waals surface area contributed by atoms with Crippen LogP contribution in [0.2, 0.25) is 0 Å². The Labute approximate surface area is 292 Å². The number of amides is 3. The largest absolute Gasteiger partial charge is 0.484 e. The van der Waals surface area contributed by atoms with Crippen molar-refractivity contribution >= 4 is 29.1 Å². The smallest absolute Gasteiger partial charge is 0.274 e. The number of rotatable bonds is 15. The predicted octanol–water partition coefficient (Wildman–Crippen LogP) is 5.60. The average Bonchev–Trinajstić information content (AvgIpc) is 3.54. The third kappa shape index (κ3) is 8.50. The fraction of sp³-hybridized carbons (Fsp3) is 0.368. The number of hydrogen-bond donors (Lipinski definition) is 4. The van der Waals surface area contributed by atoms with Gasteiger partial charge in [-0.3, -0.25) is 25.1 Å². The second kappa shape index (κ2) is 17.0. The molecule has 2 heterocycles. The summed E-state index contributed by atoms with van der Waals surface area (Å²) < 4.78 is 7.20. The molecule has 0 saturated heterocycles. The lowest BCUT2D eigenvalue weighted by Crippen LogP contribution is -2.46. The van der Waals surface area contributed by atoms with Crippen molar-refractivity contribution < 1.29 is 29.4 Å². The van der Waals surface area contributed by atoms with Gasteiger partial charge in [-0.05, 0) is 85.8 Å². The van der Waals surface area contributed by atoms with E-state index >= 15 is 0 Å². The molecule has 12 nitrogen and oxygen atoms in total. The van der Waals surface area contributed by atoms with Crippen molar-refractivity contribution in [3.05, 3.63) is 101 Å². The van der Waals surface area contributed by atoms with Crippen LogP contribution in [0.4, 0.5) is 11.4 Å². The summed E-state index contributed by atoms with van der Waals surface area (Å²) in [6.07, 6.45) is 4.22. The first-order chi connectivity index (χ1) is 24.3. The molecule has 1 aromatic heterocycles. The summed E-state index contributed by atoms with van der Waals surface area (Å²) in [7, 11) is 0. The number of aromatic nitrogens is 2. The molecule has 3 amide bonds. The lowest BCUT2D eigenvalue weighted by atomic mass is 9.93. The normalized spacial score (nSPS) is 13.8. The zero-order valence-electron chi connectivity index (χ0n) is 28.9. The first-order valence-corrected chi connectivity index (χ1v) is 17.2. The minimum absolute atomic E-state index is 0.152. The third-order valence-corrected chi connectivity index (χ3v) is 8.88. The Morgan fingerprint density at radius 2 is 1.62 bits per heavy atom. The molecule has 12 heteroatoms. The van der Waals surface area contributed by atoms with Crippen LogP contribution in [0.5, 0.6) is 5.75 Å². The summed E-state index contributed by atoms with van der Waals surface area (Å²) in [5.41, 5.74) is 6.65. The molecular weight excluding hydrogens is 636 g/mol. The van der Waals surface area contributed by atoms with Crippen molar-refractivity contribution in [3.63, 3.8) is 0 Å². The van der Waals surface area contributed by atoms with Gasteiger partial charge in [0.25, 0.3) is 17.7 Å². The molecule has 1 aliphatic rings. The van der Waals surface area contributed by atoms with Gasteiger partial charge in [-0.2, -0.15) is 5.10 Å². The average molecular weight is 683 g/mol. The van der Waals surface area contributed by atoms with Gasteiger partial charge in [0.1, 0.15) is 5.75 Å². The van der Waals surface area contributed by atoms with Crippen LogP contribution < -0.4 is 15.5 Å². The van der Waals surface area contributed by atoms with Gasteiger partial charge in [0.2, 0.25) is 0 Å². The number of aryl methyl sites for hydroxylation is 1. The topological polar surface area (TPSA) is 149 Å². The summed E-state index contributed by atoms with van der Waals surface area (Å²) in [4.78, 5) is 44.6. The summed E-state index contributed by atoms with van der Waals surface area (Å²) in [6.45, 7) is 7.12. The van der Waals surface area contributed by atoms with Crippen molar-refractivity contribution in [2.24, 2.45) is 0 Å². The SMILES string of the molecule is CCCCN(CCCC)C(=O)c1cc(C)n(-c2ccc(NC(=O)COc3ccc(NO)cc3)cc2C(=O)N2Cc3ccccc3CC2CO)n1. The molecule has 1 aliphatic heterocycles. The van der Waals surface area contributed by atoms with E-state index < -0.39 is 11.9 Å². The Morgan fingerprint density at radius 1 is 0.940 bits per heavy atom. The number of nitrogens with zero attached hydrogens (tertiary/aromatic N) is 4. The van der Waals surface area contributed by atoms with Crippen LogP contribution in [0.15, 0.2) is 72.8 Å². The molecule has 264 valence electrons. The zero-order valence-corrected chi connectivity index (χ0v) is 28.9. The van der Waals surface area contributed by atoms with Crippen LogP contribution in [0.3, 0.4) is 0 Å². The Balaban J connectivity index is 1.46. The Hall–Kier alpha value is -5.20. The Morgan fingerprint density at radius 3 is 2.28 bits per heavy atom. The van der Waals surface area contributed by atoms with Gasteiger partial charge < -0.3 is 25.0 Å². The first-order valence-electron chi connectivity index (χ1n) is 17.2. The number of carbonyl (C=O) groups is 3. The van der Waals surface area contributed by atoms with Crippen molar-refractivity contribution in [1.82, 2.24) is 19.6 Å².